The fourth-order valence-electron chi connectivity index (χ4n) is 2.49. The van der Waals surface area contributed by atoms with Gasteiger partial charge in [-0.05, 0) is 39.2 Å². The Hall–Kier alpha value is -0.590. The molecule has 1 atom stereocenters. The van der Waals surface area contributed by atoms with Crippen LogP contribution in [-0.4, -0.2) is 30.1 Å². The van der Waals surface area contributed by atoms with Crippen molar-refractivity contribution >= 4 is 0 Å². The van der Waals surface area contributed by atoms with E-state index in [1.54, 1.807) is 0 Å². The van der Waals surface area contributed by atoms with E-state index in [0.29, 0.717) is 24.5 Å². The molecule has 0 amide bonds. The molecule has 0 aromatic rings. The van der Waals surface area contributed by atoms with Gasteiger partial charge in [-0.3, -0.25) is 4.90 Å². The lowest BCUT2D eigenvalue weighted by Gasteiger charge is -2.37. The minimum Gasteiger partial charge on any atom is -0.328 e. The number of hydrogen-bond acceptors (Lipinski definition) is 3. The maximum Gasteiger partial charge on any atom is 0.0638 e. The van der Waals surface area contributed by atoms with Gasteiger partial charge in [0.1, 0.15) is 0 Å². The topological polar surface area (TPSA) is 53.0 Å². The van der Waals surface area contributed by atoms with E-state index in [2.05, 4.69) is 24.9 Å². The summed E-state index contributed by atoms with van der Waals surface area (Å²) in [4.78, 5) is 2.40. The smallest absolute Gasteiger partial charge is 0.0638 e. The molecule has 1 aliphatic carbocycles. The third-order valence-electron chi connectivity index (χ3n) is 3.69. The van der Waals surface area contributed by atoms with Crippen molar-refractivity contribution in [3.05, 3.63) is 0 Å². The van der Waals surface area contributed by atoms with Gasteiger partial charge in [0.05, 0.1) is 12.5 Å². The van der Waals surface area contributed by atoms with E-state index in [0.717, 1.165) is 19.3 Å². The molecule has 0 aromatic heterocycles. The minimum absolute atomic E-state index is 0.408. The third-order valence-corrected chi connectivity index (χ3v) is 3.69. The van der Waals surface area contributed by atoms with Gasteiger partial charge in [-0.25, -0.2) is 0 Å². The summed E-state index contributed by atoms with van der Waals surface area (Å²) >= 11 is 0. The highest BCUT2D eigenvalue weighted by atomic mass is 15.2. The maximum atomic E-state index is 8.76. The first-order valence-corrected chi connectivity index (χ1v) is 6.03. The van der Waals surface area contributed by atoms with Gasteiger partial charge in [-0.15, -0.1) is 0 Å². The highest BCUT2D eigenvalue weighted by Crippen LogP contribution is 2.24. The molecular weight excluding hydrogens is 186 g/mol. The zero-order valence-corrected chi connectivity index (χ0v) is 9.95. The Bertz CT molecular complexity index is 213. The van der Waals surface area contributed by atoms with Gasteiger partial charge in [0.25, 0.3) is 0 Å². The van der Waals surface area contributed by atoms with Crippen LogP contribution in [0.25, 0.3) is 0 Å². The second kappa shape index (κ2) is 6.09. The molecule has 1 unspecified atom stereocenters. The molecule has 1 aliphatic rings. The summed E-state index contributed by atoms with van der Waals surface area (Å²) in [6.45, 7) is 2.16. The van der Waals surface area contributed by atoms with Gasteiger partial charge in [0, 0.05) is 18.1 Å². The van der Waals surface area contributed by atoms with Crippen LogP contribution in [0.2, 0.25) is 0 Å². The van der Waals surface area contributed by atoms with E-state index in [9.17, 15) is 0 Å². The number of nitrogens with zero attached hydrogens (tertiary/aromatic N) is 2. The minimum atomic E-state index is 0.408. The van der Waals surface area contributed by atoms with Crippen molar-refractivity contribution in [1.29, 1.82) is 5.26 Å². The van der Waals surface area contributed by atoms with Crippen LogP contribution in [0.3, 0.4) is 0 Å². The molecule has 2 N–H and O–H groups in total. The van der Waals surface area contributed by atoms with Crippen molar-refractivity contribution in [2.45, 2.75) is 63.6 Å². The second-order valence-electron chi connectivity index (χ2n) is 4.66. The van der Waals surface area contributed by atoms with E-state index in [4.69, 9.17) is 11.0 Å². The van der Waals surface area contributed by atoms with Crippen LogP contribution < -0.4 is 5.73 Å². The summed E-state index contributed by atoms with van der Waals surface area (Å²) < 4.78 is 0. The standard InChI is InChI=1S/C12H23N3/c1-3-11(8-9-13)15(2)12-6-4-10(14)5-7-12/h10-12H,3-8,14H2,1-2H3. The van der Waals surface area contributed by atoms with E-state index in [1.807, 2.05) is 0 Å². The molecular formula is C12H23N3. The van der Waals surface area contributed by atoms with Crippen LogP contribution in [-0.2, 0) is 0 Å². The predicted octanol–water partition coefficient (Wildman–Crippen LogP) is 1.88. The highest BCUT2D eigenvalue weighted by molar-refractivity contribution is 4.86. The molecule has 0 saturated heterocycles. The first kappa shape index (κ1) is 12.5. The lowest BCUT2D eigenvalue weighted by Crippen LogP contribution is -2.43. The Morgan fingerprint density at radius 2 is 2.00 bits per heavy atom. The Morgan fingerprint density at radius 3 is 2.47 bits per heavy atom. The van der Waals surface area contributed by atoms with Crippen LogP contribution in [0.4, 0.5) is 0 Å². The van der Waals surface area contributed by atoms with Crippen molar-refractivity contribution < 1.29 is 0 Å². The average molecular weight is 209 g/mol. The summed E-state index contributed by atoms with van der Waals surface area (Å²) in [5.41, 5.74) is 5.89. The highest BCUT2D eigenvalue weighted by Gasteiger charge is 2.25. The largest absolute Gasteiger partial charge is 0.328 e. The third kappa shape index (κ3) is 3.48. The first-order chi connectivity index (χ1) is 7.19. The molecule has 0 bridgehead atoms. The summed E-state index contributed by atoms with van der Waals surface area (Å²) in [6, 6.07) is 3.76. The zero-order valence-electron chi connectivity index (χ0n) is 9.95. The number of nitriles is 1. The van der Waals surface area contributed by atoms with Gasteiger partial charge in [-0.1, -0.05) is 6.92 Å². The molecule has 3 heteroatoms. The van der Waals surface area contributed by atoms with Gasteiger partial charge in [0.15, 0.2) is 0 Å². The van der Waals surface area contributed by atoms with Crippen molar-refractivity contribution in [1.82, 2.24) is 4.90 Å². The molecule has 0 radical (unpaired) electrons. The lowest BCUT2D eigenvalue weighted by molar-refractivity contribution is 0.130. The zero-order chi connectivity index (χ0) is 11.3. The van der Waals surface area contributed by atoms with Crippen molar-refractivity contribution in [3.63, 3.8) is 0 Å². The average Bonchev–Trinajstić information content (AvgIpc) is 2.26. The monoisotopic (exact) mass is 209 g/mol. The normalized spacial score (nSPS) is 28.7. The molecule has 3 nitrogen and oxygen atoms in total. The van der Waals surface area contributed by atoms with Gasteiger partial charge in [0.2, 0.25) is 0 Å². The molecule has 86 valence electrons. The van der Waals surface area contributed by atoms with E-state index in [-0.39, 0.29) is 0 Å². The van der Waals surface area contributed by atoms with Crippen LogP contribution in [0.5, 0.6) is 0 Å². The molecule has 1 rings (SSSR count). The van der Waals surface area contributed by atoms with E-state index >= 15 is 0 Å². The summed E-state index contributed by atoms with van der Waals surface area (Å²) in [6.07, 6.45) is 6.37. The van der Waals surface area contributed by atoms with Crippen molar-refractivity contribution in [2.24, 2.45) is 5.73 Å². The van der Waals surface area contributed by atoms with Gasteiger partial charge >= 0.3 is 0 Å². The Labute approximate surface area is 93.2 Å². The van der Waals surface area contributed by atoms with Crippen LogP contribution in [0.1, 0.15) is 45.4 Å². The SMILES string of the molecule is CCC(CC#N)N(C)C1CCC(N)CC1. The fraction of sp³-hybridized carbons (Fsp3) is 0.917. The van der Waals surface area contributed by atoms with Crippen LogP contribution >= 0.6 is 0 Å². The Kier molecular flexibility index (Phi) is 5.07. The summed E-state index contributed by atoms with van der Waals surface area (Å²) in [5.74, 6) is 0. The summed E-state index contributed by atoms with van der Waals surface area (Å²) in [5, 5.41) is 8.76. The number of rotatable bonds is 4. The molecule has 0 spiro atoms. The van der Waals surface area contributed by atoms with Gasteiger partial charge in [-0.2, -0.15) is 5.26 Å². The molecule has 1 saturated carbocycles. The second-order valence-corrected chi connectivity index (χ2v) is 4.66. The lowest BCUT2D eigenvalue weighted by atomic mass is 9.90. The fourth-order valence-corrected chi connectivity index (χ4v) is 2.49. The van der Waals surface area contributed by atoms with Crippen LogP contribution in [0.15, 0.2) is 0 Å². The molecule has 0 aliphatic heterocycles. The Morgan fingerprint density at radius 1 is 1.40 bits per heavy atom. The Balaban J connectivity index is 2.44. The quantitative estimate of drug-likeness (QED) is 0.769. The maximum absolute atomic E-state index is 8.76. The molecule has 0 heterocycles. The predicted molar refractivity (Wildman–Crippen MR) is 62.3 cm³/mol. The summed E-state index contributed by atoms with van der Waals surface area (Å²) in [7, 11) is 2.16. The number of hydrogen-bond donors (Lipinski definition) is 1. The molecule has 15 heavy (non-hydrogen) atoms. The first-order valence-electron chi connectivity index (χ1n) is 6.03. The van der Waals surface area contributed by atoms with E-state index < -0.39 is 0 Å². The van der Waals surface area contributed by atoms with Crippen molar-refractivity contribution in [3.8, 4) is 6.07 Å². The van der Waals surface area contributed by atoms with Crippen molar-refractivity contribution in [2.75, 3.05) is 7.05 Å². The van der Waals surface area contributed by atoms with Gasteiger partial charge < -0.3 is 5.73 Å². The van der Waals surface area contributed by atoms with E-state index in [1.165, 1.54) is 12.8 Å². The molecule has 0 aromatic carbocycles. The molecule has 1 fully saturated rings. The number of nitrogens with two attached hydrogens (primary N) is 1. The van der Waals surface area contributed by atoms with Crippen LogP contribution in [0, 0.1) is 11.3 Å².